The first kappa shape index (κ1) is 23.2. The van der Waals surface area contributed by atoms with E-state index in [1.54, 1.807) is 0 Å². The average molecular weight is 453 g/mol. The number of nitrogens with two attached hydrogens (primary N) is 1. The lowest BCUT2D eigenvalue weighted by molar-refractivity contribution is 0.196. The minimum absolute atomic E-state index is 0.00572. The van der Waals surface area contributed by atoms with Crippen LogP contribution >= 0.6 is 11.6 Å². The molecule has 0 heterocycles. The van der Waals surface area contributed by atoms with Gasteiger partial charge in [0.05, 0.1) is 11.9 Å². The minimum atomic E-state index is -3.51. The summed E-state index contributed by atoms with van der Waals surface area (Å²) in [6.45, 7) is 2.05. The molecule has 2 aromatic carbocycles. The maximum Gasteiger partial charge on any atom is 0.212 e. The topological polar surface area (TPSA) is 72.2 Å². The van der Waals surface area contributed by atoms with Gasteiger partial charge in [0, 0.05) is 29.4 Å². The van der Waals surface area contributed by atoms with E-state index in [0.29, 0.717) is 11.6 Å². The standard InChI is InChI=1S/C23H30ClFN2O2S/c1-17(25)10-13-30(28,29)27-16-18-4-2-5-19(14-18)22(15-26)23(11-3-12-23)20-6-8-21(24)9-7-20/h2,4-9,14,17,22,27H,3,10-13,15-16,26H2,1H3. The number of hydrogen-bond acceptors (Lipinski definition) is 3. The second-order valence-electron chi connectivity index (χ2n) is 8.26. The fourth-order valence-corrected chi connectivity index (χ4v) is 5.65. The van der Waals surface area contributed by atoms with Crippen molar-refractivity contribution in [2.24, 2.45) is 5.73 Å². The second kappa shape index (κ2) is 9.77. The van der Waals surface area contributed by atoms with Crippen LogP contribution in [0.3, 0.4) is 0 Å². The molecule has 2 atom stereocenters. The summed E-state index contributed by atoms with van der Waals surface area (Å²) in [5.41, 5.74) is 9.47. The van der Waals surface area contributed by atoms with Crippen LogP contribution in [-0.4, -0.2) is 26.9 Å². The van der Waals surface area contributed by atoms with Gasteiger partial charge in [0.15, 0.2) is 0 Å². The van der Waals surface area contributed by atoms with Crippen LogP contribution in [0.2, 0.25) is 5.02 Å². The number of halogens is 2. The van der Waals surface area contributed by atoms with Crippen LogP contribution in [0.4, 0.5) is 4.39 Å². The number of rotatable bonds is 10. The highest BCUT2D eigenvalue weighted by atomic mass is 35.5. The molecular formula is C23H30ClFN2O2S. The van der Waals surface area contributed by atoms with E-state index in [4.69, 9.17) is 17.3 Å². The van der Waals surface area contributed by atoms with Gasteiger partial charge in [-0.05, 0) is 55.0 Å². The first-order valence-corrected chi connectivity index (χ1v) is 12.4. The molecule has 3 N–H and O–H groups in total. The Labute approximate surface area is 184 Å². The number of hydrogen-bond donors (Lipinski definition) is 2. The zero-order chi connectivity index (χ0) is 21.8. The lowest BCUT2D eigenvalue weighted by Gasteiger charge is -2.48. The molecule has 2 unspecified atom stereocenters. The zero-order valence-electron chi connectivity index (χ0n) is 17.3. The van der Waals surface area contributed by atoms with Crippen molar-refractivity contribution in [2.45, 2.75) is 56.7 Å². The second-order valence-corrected chi connectivity index (χ2v) is 10.6. The average Bonchev–Trinajstić information content (AvgIpc) is 2.69. The molecule has 0 radical (unpaired) electrons. The van der Waals surface area contributed by atoms with E-state index in [1.807, 2.05) is 30.3 Å². The SMILES string of the molecule is CC(F)CCS(=O)(=O)NCc1cccc(C(CN)C2(c3ccc(Cl)cc3)CCC2)c1. The first-order valence-electron chi connectivity index (χ1n) is 10.4. The highest BCUT2D eigenvalue weighted by Gasteiger charge is 2.45. The van der Waals surface area contributed by atoms with E-state index in [1.165, 1.54) is 12.5 Å². The van der Waals surface area contributed by atoms with Gasteiger partial charge < -0.3 is 5.73 Å². The van der Waals surface area contributed by atoms with Crippen LogP contribution in [0.25, 0.3) is 0 Å². The van der Waals surface area contributed by atoms with E-state index in [2.05, 4.69) is 22.9 Å². The van der Waals surface area contributed by atoms with Crippen LogP contribution in [0.5, 0.6) is 0 Å². The summed E-state index contributed by atoms with van der Waals surface area (Å²) in [5, 5.41) is 0.717. The molecule has 0 amide bonds. The van der Waals surface area contributed by atoms with Gasteiger partial charge in [-0.1, -0.05) is 54.4 Å². The van der Waals surface area contributed by atoms with Crippen molar-refractivity contribution in [1.82, 2.24) is 4.72 Å². The Balaban J connectivity index is 1.78. The molecule has 0 bridgehead atoms. The number of sulfonamides is 1. The number of nitrogens with one attached hydrogen (secondary N) is 1. The van der Waals surface area contributed by atoms with Crippen molar-refractivity contribution in [2.75, 3.05) is 12.3 Å². The summed E-state index contributed by atoms with van der Waals surface area (Å²) < 4.78 is 39.8. The van der Waals surface area contributed by atoms with Crippen molar-refractivity contribution in [3.05, 3.63) is 70.2 Å². The maximum atomic E-state index is 13.0. The molecule has 0 aliphatic heterocycles. The highest BCUT2D eigenvalue weighted by Crippen LogP contribution is 2.53. The van der Waals surface area contributed by atoms with E-state index in [0.717, 1.165) is 30.4 Å². The molecule has 0 spiro atoms. The molecule has 7 heteroatoms. The third-order valence-electron chi connectivity index (χ3n) is 6.20. The molecule has 0 aromatic heterocycles. The van der Waals surface area contributed by atoms with Crippen LogP contribution in [0, 0.1) is 0 Å². The van der Waals surface area contributed by atoms with Gasteiger partial charge in [-0.2, -0.15) is 0 Å². The van der Waals surface area contributed by atoms with Gasteiger partial charge in [-0.25, -0.2) is 17.5 Å². The summed E-state index contributed by atoms with van der Waals surface area (Å²) in [6, 6.07) is 16.0. The first-order chi connectivity index (χ1) is 14.3. The van der Waals surface area contributed by atoms with Crippen LogP contribution in [-0.2, 0) is 22.0 Å². The molecular weight excluding hydrogens is 423 g/mol. The molecule has 1 fully saturated rings. The molecule has 30 heavy (non-hydrogen) atoms. The maximum absolute atomic E-state index is 13.0. The van der Waals surface area contributed by atoms with Crippen LogP contribution in [0.1, 0.15) is 55.2 Å². The van der Waals surface area contributed by atoms with E-state index in [9.17, 15) is 12.8 Å². The van der Waals surface area contributed by atoms with Gasteiger partial charge in [0.2, 0.25) is 10.0 Å². The van der Waals surface area contributed by atoms with E-state index in [-0.39, 0.29) is 30.1 Å². The smallest absolute Gasteiger partial charge is 0.212 e. The van der Waals surface area contributed by atoms with Gasteiger partial charge in [0.1, 0.15) is 0 Å². The molecule has 0 saturated heterocycles. The number of alkyl halides is 1. The minimum Gasteiger partial charge on any atom is -0.330 e. The molecule has 2 aromatic rings. The Bertz CT molecular complexity index is 944. The van der Waals surface area contributed by atoms with Crippen molar-refractivity contribution >= 4 is 21.6 Å². The van der Waals surface area contributed by atoms with Crippen LogP contribution < -0.4 is 10.5 Å². The third-order valence-corrected chi connectivity index (χ3v) is 7.81. The Morgan fingerprint density at radius 2 is 1.90 bits per heavy atom. The van der Waals surface area contributed by atoms with Crippen molar-refractivity contribution in [1.29, 1.82) is 0 Å². The quantitative estimate of drug-likeness (QED) is 0.550. The molecule has 3 rings (SSSR count). The molecule has 1 saturated carbocycles. The normalized spacial score (nSPS) is 17.9. The highest BCUT2D eigenvalue weighted by molar-refractivity contribution is 7.89. The van der Waals surface area contributed by atoms with Crippen molar-refractivity contribution in [3.8, 4) is 0 Å². The summed E-state index contributed by atoms with van der Waals surface area (Å²) in [6.07, 6.45) is 2.14. The summed E-state index contributed by atoms with van der Waals surface area (Å²) >= 11 is 6.08. The summed E-state index contributed by atoms with van der Waals surface area (Å²) in [7, 11) is -3.51. The summed E-state index contributed by atoms with van der Waals surface area (Å²) in [4.78, 5) is 0. The van der Waals surface area contributed by atoms with Crippen molar-refractivity contribution in [3.63, 3.8) is 0 Å². The fourth-order valence-electron chi connectivity index (χ4n) is 4.36. The van der Waals surface area contributed by atoms with Gasteiger partial charge in [-0.15, -0.1) is 0 Å². The van der Waals surface area contributed by atoms with Gasteiger partial charge >= 0.3 is 0 Å². The Morgan fingerprint density at radius 1 is 1.20 bits per heavy atom. The number of benzene rings is 2. The predicted octanol–water partition coefficient (Wildman–Crippen LogP) is 4.67. The monoisotopic (exact) mass is 452 g/mol. The van der Waals surface area contributed by atoms with Crippen LogP contribution in [0.15, 0.2) is 48.5 Å². The predicted molar refractivity (Wildman–Crippen MR) is 121 cm³/mol. The zero-order valence-corrected chi connectivity index (χ0v) is 18.9. The van der Waals surface area contributed by atoms with Gasteiger partial charge in [-0.3, -0.25) is 0 Å². The lowest BCUT2D eigenvalue weighted by atomic mass is 9.56. The summed E-state index contributed by atoms with van der Waals surface area (Å²) in [5.74, 6) is -0.0773. The Hall–Kier alpha value is -1.47. The van der Waals surface area contributed by atoms with E-state index < -0.39 is 16.2 Å². The van der Waals surface area contributed by atoms with E-state index >= 15 is 0 Å². The largest absolute Gasteiger partial charge is 0.330 e. The molecule has 1 aliphatic rings. The fraction of sp³-hybridized carbons (Fsp3) is 0.478. The van der Waals surface area contributed by atoms with Crippen molar-refractivity contribution < 1.29 is 12.8 Å². The third kappa shape index (κ3) is 5.41. The molecule has 4 nitrogen and oxygen atoms in total. The Morgan fingerprint density at radius 3 is 2.47 bits per heavy atom. The molecule has 1 aliphatic carbocycles. The van der Waals surface area contributed by atoms with Gasteiger partial charge in [0.25, 0.3) is 0 Å². The Kier molecular flexibility index (Phi) is 7.56. The lowest BCUT2D eigenvalue weighted by Crippen LogP contribution is -2.43. The molecule has 164 valence electrons.